The Hall–Kier alpha value is -1.29. The van der Waals surface area contributed by atoms with E-state index in [0.29, 0.717) is 30.3 Å². The molecule has 0 spiro atoms. The first-order chi connectivity index (χ1) is 6.31. The van der Waals surface area contributed by atoms with Crippen LogP contribution in [-0.4, -0.2) is 18.3 Å². The van der Waals surface area contributed by atoms with Crippen molar-refractivity contribution in [2.75, 3.05) is 13.2 Å². The number of hydrogen-bond donors (Lipinski definition) is 1. The van der Waals surface area contributed by atoms with E-state index in [1.165, 1.54) is 12.1 Å². The first-order valence-electron chi connectivity index (χ1n) is 4.00. The first kappa shape index (κ1) is 8.31. The van der Waals surface area contributed by atoms with E-state index in [1.54, 1.807) is 0 Å². The van der Waals surface area contributed by atoms with Crippen LogP contribution in [0.3, 0.4) is 0 Å². The quantitative estimate of drug-likeness (QED) is 0.710. The molecule has 13 heavy (non-hydrogen) atoms. The zero-order chi connectivity index (χ0) is 9.26. The van der Waals surface area contributed by atoms with Gasteiger partial charge in [-0.05, 0) is 6.07 Å². The maximum Gasteiger partial charge on any atom is 0.167 e. The van der Waals surface area contributed by atoms with Crippen LogP contribution in [0.2, 0.25) is 0 Å². The van der Waals surface area contributed by atoms with E-state index in [2.05, 4.69) is 0 Å². The van der Waals surface area contributed by atoms with Gasteiger partial charge in [-0.2, -0.15) is 0 Å². The van der Waals surface area contributed by atoms with E-state index < -0.39 is 5.82 Å². The number of aliphatic hydroxyl groups is 1. The Morgan fingerprint density at radius 1 is 1.31 bits per heavy atom. The van der Waals surface area contributed by atoms with Gasteiger partial charge in [0, 0.05) is 11.6 Å². The van der Waals surface area contributed by atoms with Crippen LogP contribution >= 0.6 is 0 Å². The average Bonchev–Trinajstić information content (AvgIpc) is 2.16. The summed E-state index contributed by atoms with van der Waals surface area (Å²) in [6, 6.07) is 2.50. The van der Waals surface area contributed by atoms with Crippen LogP contribution in [0.25, 0.3) is 0 Å². The van der Waals surface area contributed by atoms with E-state index in [-0.39, 0.29) is 6.61 Å². The minimum Gasteiger partial charge on any atom is -0.486 e. The molecule has 0 saturated carbocycles. The molecule has 2 rings (SSSR count). The molecule has 1 heterocycles. The van der Waals surface area contributed by atoms with Crippen molar-refractivity contribution in [3.63, 3.8) is 0 Å². The Morgan fingerprint density at radius 2 is 2.08 bits per heavy atom. The molecule has 4 heteroatoms. The molecule has 70 valence electrons. The van der Waals surface area contributed by atoms with Crippen LogP contribution in [0.5, 0.6) is 11.5 Å². The van der Waals surface area contributed by atoms with Crippen LogP contribution < -0.4 is 9.47 Å². The third-order valence-electron chi connectivity index (χ3n) is 1.85. The highest BCUT2D eigenvalue weighted by Gasteiger charge is 2.16. The summed E-state index contributed by atoms with van der Waals surface area (Å²) in [6.07, 6.45) is 0. The minimum atomic E-state index is -0.423. The fourth-order valence-electron chi connectivity index (χ4n) is 1.31. The summed E-state index contributed by atoms with van der Waals surface area (Å²) >= 11 is 0. The highest BCUT2D eigenvalue weighted by molar-refractivity contribution is 5.47. The second kappa shape index (κ2) is 3.22. The monoisotopic (exact) mass is 184 g/mol. The molecular weight excluding hydrogens is 175 g/mol. The first-order valence-corrected chi connectivity index (χ1v) is 4.00. The van der Waals surface area contributed by atoms with Crippen LogP contribution in [0.1, 0.15) is 5.56 Å². The second-order valence-corrected chi connectivity index (χ2v) is 2.75. The van der Waals surface area contributed by atoms with Gasteiger partial charge in [0.1, 0.15) is 19.0 Å². The molecule has 0 atom stereocenters. The van der Waals surface area contributed by atoms with Crippen LogP contribution in [0.15, 0.2) is 12.1 Å². The molecule has 0 radical (unpaired) electrons. The highest BCUT2D eigenvalue weighted by Crippen LogP contribution is 2.34. The molecule has 0 aromatic heterocycles. The Kier molecular flexibility index (Phi) is 2.06. The Balaban J connectivity index is 2.50. The van der Waals surface area contributed by atoms with Gasteiger partial charge in [-0.25, -0.2) is 4.39 Å². The normalized spacial score (nSPS) is 14.3. The van der Waals surface area contributed by atoms with E-state index >= 15 is 0 Å². The lowest BCUT2D eigenvalue weighted by Gasteiger charge is -2.20. The molecule has 1 aliphatic rings. The Morgan fingerprint density at radius 3 is 2.85 bits per heavy atom. The number of rotatable bonds is 1. The van der Waals surface area contributed by atoms with Crippen molar-refractivity contribution in [1.29, 1.82) is 0 Å². The predicted molar refractivity (Wildman–Crippen MR) is 43.3 cm³/mol. The summed E-state index contributed by atoms with van der Waals surface area (Å²) in [4.78, 5) is 0. The number of hydrogen-bond acceptors (Lipinski definition) is 3. The molecular formula is C9H9FO3. The van der Waals surface area contributed by atoms with Crippen molar-refractivity contribution < 1.29 is 19.0 Å². The maximum atomic E-state index is 12.9. The number of aliphatic hydroxyl groups excluding tert-OH is 1. The zero-order valence-electron chi connectivity index (χ0n) is 6.92. The summed E-state index contributed by atoms with van der Waals surface area (Å²) < 4.78 is 23.3. The van der Waals surface area contributed by atoms with E-state index in [4.69, 9.17) is 14.6 Å². The van der Waals surface area contributed by atoms with Crippen molar-refractivity contribution in [3.05, 3.63) is 23.5 Å². The van der Waals surface area contributed by atoms with Crippen molar-refractivity contribution in [2.45, 2.75) is 6.61 Å². The van der Waals surface area contributed by atoms with E-state index in [0.717, 1.165) is 0 Å². The topological polar surface area (TPSA) is 38.7 Å². The van der Waals surface area contributed by atoms with Crippen molar-refractivity contribution in [3.8, 4) is 11.5 Å². The molecule has 0 unspecified atom stereocenters. The summed E-state index contributed by atoms with van der Waals surface area (Å²) in [5, 5.41) is 8.92. The lowest BCUT2D eigenvalue weighted by atomic mass is 10.2. The molecule has 0 bridgehead atoms. The lowest BCUT2D eigenvalue weighted by molar-refractivity contribution is 0.164. The lowest BCUT2D eigenvalue weighted by Crippen LogP contribution is -2.16. The van der Waals surface area contributed by atoms with Crippen LogP contribution in [-0.2, 0) is 6.61 Å². The zero-order valence-corrected chi connectivity index (χ0v) is 6.92. The largest absolute Gasteiger partial charge is 0.486 e. The standard InChI is InChI=1S/C9H9FO3/c10-7-3-6(5-11)9-8(4-7)12-1-2-13-9/h3-4,11H,1-2,5H2. The van der Waals surface area contributed by atoms with Crippen LogP contribution in [0.4, 0.5) is 4.39 Å². The SMILES string of the molecule is OCc1cc(F)cc2c1OCCO2. The third kappa shape index (κ3) is 1.45. The minimum absolute atomic E-state index is 0.247. The van der Waals surface area contributed by atoms with Crippen molar-refractivity contribution in [1.82, 2.24) is 0 Å². The summed E-state index contributed by atoms with van der Waals surface area (Å²) in [6.45, 7) is 0.608. The summed E-state index contributed by atoms with van der Waals surface area (Å²) in [5.74, 6) is 0.402. The van der Waals surface area contributed by atoms with Gasteiger partial charge < -0.3 is 14.6 Å². The predicted octanol–water partition coefficient (Wildman–Crippen LogP) is 1.09. The van der Waals surface area contributed by atoms with Gasteiger partial charge in [-0.1, -0.05) is 0 Å². The molecule has 0 fully saturated rings. The van der Waals surface area contributed by atoms with Gasteiger partial charge >= 0.3 is 0 Å². The maximum absolute atomic E-state index is 12.9. The van der Waals surface area contributed by atoms with Gasteiger partial charge in [0.05, 0.1) is 6.61 Å². The molecule has 3 nitrogen and oxygen atoms in total. The van der Waals surface area contributed by atoms with E-state index in [9.17, 15) is 4.39 Å². The average molecular weight is 184 g/mol. The smallest absolute Gasteiger partial charge is 0.167 e. The number of ether oxygens (including phenoxy) is 2. The molecule has 1 aliphatic heterocycles. The second-order valence-electron chi connectivity index (χ2n) is 2.75. The Labute approximate surface area is 74.7 Å². The van der Waals surface area contributed by atoms with Gasteiger partial charge in [-0.15, -0.1) is 0 Å². The highest BCUT2D eigenvalue weighted by atomic mass is 19.1. The third-order valence-corrected chi connectivity index (χ3v) is 1.85. The van der Waals surface area contributed by atoms with Gasteiger partial charge in [-0.3, -0.25) is 0 Å². The van der Waals surface area contributed by atoms with Gasteiger partial charge in [0.15, 0.2) is 11.5 Å². The molecule has 1 aromatic rings. The molecule has 1 aromatic carbocycles. The summed E-state index contributed by atoms with van der Waals surface area (Å²) in [5.41, 5.74) is 0.426. The number of fused-ring (bicyclic) bond motifs is 1. The number of halogens is 1. The summed E-state index contributed by atoms with van der Waals surface area (Å²) in [7, 11) is 0. The molecule has 1 N–H and O–H groups in total. The molecule has 0 saturated heterocycles. The number of benzene rings is 1. The Bertz CT molecular complexity index is 308. The van der Waals surface area contributed by atoms with Crippen LogP contribution in [0, 0.1) is 5.82 Å². The van der Waals surface area contributed by atoms with E-state index in [1.807, 2.05) is 0 Å². The fraction of sp³-hybridized carbons (Fsp3) is 0.333. The van der Waals surface area contributed by atoms with Gasteiger partial charge in [0.25, 0.3) is 0 Å². The fourth-order valence-corrected chi connectivity index (χ4v) is 1.31. The van der Waals surface area contributed by atoms with Crippen molar-refractivity contribution in [2.24, 2.45) is 0 Å². The van der Waals surface area contributed by atoms with Crippen molar-refractivity contribution >= 4 is 0 Å². The molecule has 0 aliphatic carbocycles. The molecule has 0 amide bonds. The van der Waals surface area contributed by atoms with Gasteiger partial charge in [0.2, 0.25) is 0 Å².